The molecule has 1 atom stereocenters. The van der Waals surface area contributed by atoms with E-state index in [1.807, 2.05) is 67.7 Å². The Bertz CT molecular complexity index is 628. The van der Waals surface area contributed by atoms with Gasteiger partial charge in [0, 0.05) is 16.3 Å². The molecule has 3 nitrogen and oxygen atoms in total. The maximum absolute atomic E-state index is 12.0. The topological polar surface area (TPSA) is 45.7 Å². The summed E-state index contributed by atoms with van der Waals surface area (Å²) in [6.07, 6.45) is 0. The molecule has 0 saturated carbocycles. The molecule has 0 bridgehead atoms. The van der Waals surface area contributed by atoms with E-state index in [4.69, 9.17) is 11.6 Å². The van der Waals surface area contributed by atoms with Crippen LogP contribution in [0.3, 0.4) is 0 Å². The number of carbonyl (C=O) groups is 1. The van der Waals surface area contributed by atoms with Gasteiger partial charge in [-0.15, -0.1) is 0 Å². The van der Waals surface area contributed by atoms with Crippen molar-refractivity contribution in [2.75, 3.05) is 11.9 Å². The second-order valence-corrected chi connectivity index (χ2v) is 5.52. The quantitative estimate of drug-likeness (QED) is 0.876. The number of halogens is 1. The van der Waals surface area contributed by atoms with Crippen molar-refractivity contribution >= 4 is 23.2 Å². The third-order valence-corrected chi connectivity index (χ3v) is 3.82. The summed E-state index contributed by atoms with van der Waals surface area (Å²) in [7, 11) is 0. The Morgan fingerprint density at radius 3 is 2.57 bits per heavy atom. The molecule has 2 aromatic carbocycles. The van der Waals surface area contributed by atoms with Crippen LogP contribution in [0.15, 0.2) is 48.5 Å². The van der Waals surface area contributed by atoms with Crippen LogP contribution in [0.4, 0.5) is 5.69 Å². The largest absolute Gasteiger partial charge is 0.332 e. The van der Waals surface area contributed by atoms with E-state index in [0.29, 0.717) is 6.54 Å². The zero-order chi connectivity index (χ0) is 15.2. The van der Waals surface area contributed by atoms with Gasteiger partial charge in [-0.2, -0.15) is 0 Å². The Kier molecular flexibility index (Phi) is 5.37. The molecule has 2 aromatic rings. The van der Waals surface area contributed by atoms with Crippen LogP contribution in [0.25, 0.3) is 0 Å². The predicted molar refractivity (Wildman–Crippen MR) is 86.5 cm³/mol. The summed E-state index contributed by atoms with van der Waals surface area (Å²) in [6.45, 7) is 4.38. The molecule has 4 heteroatoms. The Balaban J connectivity index is 1.90. The van der Waals surface area contributed by atoms with Gasteiger partial charge < -0.3 is 10.6 Å². The number of benzene rings is 2. The van der Waals surface area contributed by atoms with Crippen molar-refractivity contribution in [3.63, 3.8) is 0 Å². The second-order valence-electron chi connectivity index (χ2n) is 5.11. The number of anilines is 1. The first-order chi connectivity index (χ1) is 10.1. The molecule has 0 aliphatic heterocycles. The zero-order valence-electron chi connectivity index (χ0n) is 12.3. The summed E-state index contributed by atoms with van der Waals surface area (Å²) in [4.78, 5) is 12.0. The lowest BCUT2D eigenvalue weighted by Crippen LogP contribution is -2.86. The highest BCUT2D eigenvalue weighted by atomic mass is 35.5. The fourth-order valence-electron chi connectivity index (χ4n) is 2.17. The highest BCUT2D eigenvalue weighted by Crippen LogP contribution is 2.19. The van der Waals surface area contributed by atoms with Crippen LogP contribution >= 0.6 is 11.6 Å². The van der Waals surface area contributed by atoms with Crippen LogP contribution in [0.5, 0.6) is 0 Å². The minimum atomic E-state index is -0.0109. The van der Waals surface area contributed by atoms with Crippen molar-refractivity contribution in [1.29, 1.82) is 0 Å². The van der Waals surface area contributed by atoms with Crippen LogP contribution in [0, 0.1) is 6.92 Å². The summed E-state index contributed by atoms with van der Waals surface area (Å²) in [5.74, 6) is -0.0109. The summed E-state index contributed by atoms with van der Waals surface area (Å²) < 4.78 is 0. The van der Waals surface area contributed by atoms with Gasteiger partial charge in [0.1, 0.15) is 6.04 Å². The van der Waals surface area contributed by atoms with E-state index in [-0.39, 0.29) is 11.9 Å². The smallest absolute Gasteiger partial charge is 0.279 e. The molecule has 0 aromatic heterocycles. The van der Waals surface area contributed by atoms with Crippen molar-refractivity contribution in [1.82, 2.24) is 0 Å². The van der Waals surface area contributed by atoms with Gasteiger partial charge in [0.25, 0.3) is 5.91 Å². The van der Waals surface area contributed by atoms with Crippen LogP contribution in [0.2, 0.25) is 5.02 Å². The molecule has 0 aliphatic carbocycles. The summed E-state index contributed by atoms with van der Waals surface area (Å²) in [6, 6.07) is 15.6. The first kappa shape index (κ1) is 15.5. The van der Waals surface area contributed by atoms with Gasteiger partial charge in [-0.25, -0.2) is 0 Å². The van der Waals surface area contributed by atoms with Crippen LogP contribution in [-0.2, 0) is 4.79 Å². The van der Waals surface area contributed by atoms with E-state index in [2.05, 4.69) is 5.32 Å². The van der Waals surface area contributed by atoms with Crippen LogP contribution in [-0.4, -0.2) is 12.5 Å². The highest BCUT2D eigenvalue weighted by Gasteiger charge is 2.14. The van der Waals surface area contributed by atoms with Crippen molar-refractivity contribution in [2.45, 2.75) is 19.9 Å². The number of nitrogens with two attached hydrogens (primary N) is 1. The minimum absolute atomic E-state index is 0.0109. The molecule has 1 amide bonds. The molecule has 110 valence electrons. The van der Waals surface area contributed by atoms with Crippen molar-refractivity contribution < 1.29 is 10.1 Å². The number of hydrogen-bond acceptors (Lipinski definition) is 1. The van der Waals surface area contributed by atoms with Gasteiger partial charge in [-0.3, -0.25) is 4.79 Å². The molecule has 0 spiro atoms. The maximum atomic E-state index is 12.0. The monoisotopic (exact) mass is 303 g/mol. The highest BCUT2D eigenvalue weighted by molar-refractivity contribution is 6.31. The molecule has 0 aliphatic rings. The first-order valence-corrected chi connectivity index (χ1v) is 7.39. The van der Waals surface area contributed by atoms with E-state index < -0.39 is 0 Å². The van der Waals surface area contributed by atoms with Gasteiger partial charge in [0.15, 0.2) is 6.54 Å². The van der Waals surface area contributed by atoms with E-state index in [1.165, 1.54) is 0 Å². The Hall–Kier alpha value is -1.84. The third kappa shape index (κ3) is 4.31. The second kappa shape index (κ2) is 7.25. The number of aryl methyl sites for hydroxylation is 1. The average Bonchev–Trinajstić information content (AvgIpc) is 2.48. The summed E-state index contributed by atoms with van der Waals surface area (Å²) in [5, 5.41) is 5.65. The number of carbonyl (C=O) groups excluding carboxylic acids is 1. The standard InChI is InChI=1S/C17H19ClN2O/c1-12-7-3-6-10-16(12)20-17(21)11-19-13(2)14-8-4-5-9-15(14)18/h3-10,13,19H,11H2,1-2H3,(H,20,21)/p+1/t13-/m0/s1. The summed E-state index contributed by atoms with van der Waals surface area (Å²) >= 11 is 6.16. The lowest BCUT2D eigenvalue weighted by Gasteiger charge is -2.13. The molecule has 0 fully saturated rings. The number of quaternary nitrogens is 1. The van der Waals surface area contributed by atoms with Crippen molar-refractivity contribution in [3.8, 4) is 0 Å². The molecule has 0 unspecified atom stereocenters. The molecule has 3 N–H and O–H groups in total. The maximum Gasteiger partial charge on any atom is 0.279 e. The SMILES string of the molecule is Cc1ccccc1NC(=O)C[NH2+][C@@H](C)c1ccccc1Cl. The summed E-state index contributed by atoms with van der Waals surface area (Å²) in [5.41, 5.74) is 2.97. The molecular formula is C17H20ClN2O+. The Labute approximate surface area is 130 Å². The van der Waals surface area contributed by atoms with E-state index in [1.54, 1.807) is 0 Å². The average molecular weight is 304 g/mol. The van der Waals surface area contributed by atoms with E-state index in [0.717, 1.165) is 21.8 Å². The number of hydrogen-bond donors (Lipinski definition) is 2. The minimum Gasteiger partial charge on any atom is -0.332 e. The normalized spacial score (nSPS) is 12.0. The molecule has 0 heterocycles. The van der Waals surface area contributed by atoms with Crippen LogP contribution < -0.4 is 10.6 Å². The number of rotatable bonds is 5. The third-order valence-electron chi connectivity index (χ3n) is 3.47. The van der Waals surface area contributed by atoms with Gasteiger partial charge in [0.05, 0.1) is 0 Å². The number of nitrogens with one attached hydrogen (secondary N) is 1. The Morgan fingerprint density at radius 2 is 1.86 bits per heavy atom. The molecule has 21 heavy (non-hydrogen) atoms. The fraction of sp³-hybridized carbons (Fsp3) is 0.235. The molecule has 0 saturated heterocycles. The zero-order valence-corrected chi connectivity index (χ0v) is 13.0. The van der Waals surface area contributed by atoms with Gasteiger partial charge in [-0.05, 0) is 31.5 Å². The number of para-hydroxylation sites is 1. The lowest BCUT2D eigenvalue weighted by atomic mass is 10.1. The predicted octanol–water partition coefficient (Wildman–Crippen LogP) is 2.91. The first-order valence-electron chi connectivity index (χ1n) is 7.01. The number of amides is 1. The molecular weight excluding hydrogens is 284 g/mol. The van der Waals surface area contributed by atoms with Crippen molar-refractivity contribution in [2.24, 2.45) is 0 Å². The van der Waals surface area contributed by atoms with E-state index in [9.17, 15) is 4.79 Å². The van der Waals surface area contributed by atoms with Gasteiger partial charge in [0.2, 0.25) is 0 Å². The fourth-order valence-corrected chi connectivity index (χ4v) is 2.48. The van der Waals surface area contributed by atoms with Crippen molar-refractivity contribution in [3.05, 3.63) is 64.7 Å². The Morgan fingerprint density at radius 1 is 1.19 bits per heavy atom. The molecule has 0 radical (unpaired) electrons. The van der Waals surface area contributed by atoms with Gasteiger partial charge in [-0.1, -0.05) is 48.0 Å². The van der Waals surface area contributed by atoms with Gasteiger partial charge >= 0.3 is 0 Å². The van der Waals surface area contributed by atoms with Crippen LogP contribution in [0.1, 0.15) is 24.1 Å². The molecule has 2 rings (SSSR count). The lowest BCUT2D eigenvalue weighted by molar-refractivity contribution is -0.682. The van der Waals surface area contributed by atoms with E-state index >= 15 is 0 Å².